The minimum atomic E-state index is -0.694. The number of aliphatic carboxylic acids is 1. The maximum absolute atomic E-state index is 10.4. The van der Waals surface area contributed by atoms with E-state index < -0.39 is 5.97 Å². The number of carboxylic acid groups (broad SMARTS) is 1. The van der Waals surface area contributed by atoms with Crippen molar-refractivity contribution in [1.29, 1.82) is 0 Å². The van der Waals surface area contributed by atoms with Crippen molar-refractivity contribution in [2.24, 2.45) is 0 Å². The number of rotatable bonds is 22. The van der Waals surface area contributed by atoms with E-state index in [4.69, 9.17) is 5.11 Å². The molecule has 0 heterocycles. The highest BCUT2D eigenvalue weighted by Gasteiger charge is 2.01. The number of allylic oxidation sites excluding steroid dienone is 3. The predicted molar refractivity (Wildman–Crippen MR) is 125 cm³/mol. The number of carbonyl (C=O) groups is 1. The Hall–Kier alpha value is -1.09. The van der Waals surface area contributed by atoms with Gasteiger partial charge in [-0.15, -0.1) is 0 Å². The molecule has 0 aliphatic heterocycles. The molecule has 1 unspecified atom stereocenters. The first kappa shape index (κ1) is 27.9. The normalized spacial score (nSPS) is 12.9. The highest BCUT2D eigenvalue weighted by Crippen LogP contribution is 2.12. The van der Waals surface area contributed by atoms with E-state index in [2.05, 4.69) is 31.2 Å². The van der Waals surface area contributed by atoms with Crippen molar-refractivity contribution < 1.29 is 15.0 Å². The number of aliphatic hydroxyl groups is 1. The third kappa shape index (κ3) is 24.9. The monoisotopic (exact) mass is 408 g/mol. The van der Waals surface area contributed by atoms with Gasteiger partial charge in [0, 0.05) is 6.42 Å². The van der Waals surface area contributed by atoms with Crippen LogP contribution in [0.3, 0.4) is 0 Å². The second-order valence-electron chi connectivity index (χ2n) is 8.39. The van der Waals surface area contributed by atoms with Gasteiger partial charge in [0.05, 0.1) is 6.10 Å². The van der Waals surface area contributed by atoms with Crippen molar-refractivity contribution in [3.8, 4) is 0 Å². The molecule has 0 rings (SSSR count). The van der Waals surface area contributed by atoms with Crippen molar-refractivity contribution in [2.75, 3.05) is 0 Å². The van der Waals surface area contributed by atoms with Crippen molar-refractivity contribution in [2.45, 2.75) is 135 Å². The molecule has 170 valence electrons. The average Bonchev–Trinajstić information content (AvgIpc) is 2.70. The summed E-state index contributed by atoms with van der Waals surface area (Å²) in [4.78, 5) is 10.4. The van der Waals surface area contributed by atoms with Crippen LogP contribution in [0.4, 0.5) is 0 Å². The lowest BCUT2D eigenvalue weighted by Gasteiger charge is -2.07. The van der Waals surface area contributed by atoms with Crippen LogP contribution in [0.2, 0.25) is 0 Å². The van der Waals surface area contributed by atoms with E-state index in [1.54, 1.807) is 0 Å². The lowest BCUT2D eigenvalue weighted by Crippen LogP contribution is -2.04. The molecule has 0 bridgehead atoms. The standard InChI is InChI=1S/C26H48O3/c1-2-3-4-5-6-7-8-9-10-11-12-13-16-19-22-25(27)23-20-17-14-15-18-21-24-26(28)29/h11-12,16,19,25,27H,2-10,13-15,17-18,20-24H2,1H3,(H,28,29). The molecule has 1 atom stereocenters. The van der Waals surface area contributed by atoms with Crippen molar-refractivity contribution in [3.63, 3.8) is 0 Å². The van der Waals surface area contributed by atoms with Gasteiger partial charge in [-0.3, -0.25) is 4.79 Å². The second kappa shape index (κ2) is 23.2. The maximum Gasteiger partial charge on any atom is 0.303 e. The quantitative estimate of drug-likeness (QED) is 0.141. The van der Waals surface area contributed by atoms with Gasteiger partial charge in [-0.25, -0.2) is 0 Å². The van der Waals surface area contributed by atoms with E-state index in [9.17, 15) is 9.90 Å². The molecule has 0 aliphatic carbocycles. The summed E-state index contributed by atoms with van der Waals surface area (Å²) in [5.74, 6) is -0.694. The first-order valence-corrected chi connectivity index (χ1v) is 12.4. The zero-order chi connectivity index (χ0) is 21.4. The zero-order valence-corrected chi connectivity index (χ0v) is 19.1. The molecule has 2 N–H and O–H groups in total. The van der Waals surface area contributed by atoms with Gasteiger partial charge < -0.3 is 10.2 Å². The van der Waals surface area contributed by atoms with E-state index in [-0.39, 0.29) is 6.10 Å². The SMILES string of the molecule is CCCCCCCCCCC=CCC=CCC(O)CCCCCCCCC(=O)O. The zero-order valence-electron chi connectivity index (χ0n) is 19.1. The number of unbranched alkanes of at least 4 members (excludes halogenated alkanes) is 13. The molecule has 0 aromatic carbocycles. The predicted octanol–water partition coefficient (Wildman–Crippen LogP) is 7.98. The fourth-order valence-corrected chi connectivity index (χ4v) is 3.52. The van der Waals surface area contributed by atoms with Crippen LogP contribution in [-0.4, -0.2) is 22.3 Å². The first-order valence-electron chi connectivity index (χ1n) is 12.4. The summed E-state index contributed by atoms with van der Waals surface area (Å²) in [5.41, 5.74) is 0. The maximum atomic E-state index is 10.4. The molecule has 0 saturated carbocycles. The summed E-state index contributed by atoms with van der Waals surface area (Å²) in [6.45, 7) is 2.27. The Morgan fingerprint density at radius 3 is 1.93 bits per heavy atom. The molecule has 3 nitrogen and oxygen atoms in total. The van der Waals surface area contributed by atoms with Crippen molar-refractivity contribution in [1.82, 2.24) is 0 Å². The lowest BCUT2D eigenvalue weighted by atomic mass is 10.0. The van der Waals surface area contributed by atoms with Gasteiger partial charge in [-0.05, 0) is 38.5 Å². The van der Waals surface area contributed by atoms with Crippen LogP contribution >= 0.6 is 0 Å². The van der Waals surface area contributed by atoms with Gasteiger partial charge in [0.2, 0.25) is 0 Å². The molecule has 29 heavy (non-hydrogen) atoms. The molecule has 0 fully saturated rings. The molecule has 0 aromatic heterocycles. The smallest absolute Gasteiger partial charge is 0.303 e. The highest BCUT2D eigenvalue weighted by molar-refractivity contribution is 5.66. The summed E-state index contributed by atoms with van der Waals surface area (Å²) in [6, 6.07) is 0. The van der Waals surface area contributed by atoms with Crippen LogP contribution in [0, 0.1) is 0 Å². The van der Waals surface area contributed by atoms with Crippen molar-refractivity contribution in [3.05, 3.63) is 24.3 Å². The molecular weight excluding hydrogens is 360 g/mol. The minimum absolute atomic E-state index is 0.223. The number of hydrogen-bond acceptors (Lipinski definition) is 2. The third-order valence-corrected chi connectivity index (χ3v) is 5.42. The fourth-order valence-electron chi connectivity index (χ4n) is 3.52. The second-order valence-corrected chi connectivity index (χ2v) is 8.39. The Kier molecular flexibility index (Phi) is 22.3. The van der Waals surface area contributed by atoms with Gasteiger partial charge in [0.15, 0.2) is 0 Å². The number of hydrogen-bond donors (Lipinski definition) is 2. The molecule has 3 heteroatoms. The molecule has 0 spiro atoms. The Labute approximate surface area is 180 Å². The Morgan fingerprint density at radius 1 is 0.724 bits per heavy atom. The van der Waals surface area contributed by atoms with Gasteiger partial charge in [0.25, 0.3) is 0 Å². The van der Waals surface area contributed by atoms with Gasteiger partial charge in [-0.1, -0.05) is 108 Å². The Balaban J connectivity index is 3.33. The minimum Gasteiger partial charge on any atom is -0.481 e. The van der Waals surface area contributed by atoms with E-state index in [0.29, 0.717) is 6.42 Å². The van der Waals surface area contributed by atoms with Crippen LogP contribution in [-0.2, 0) is 4.79 Å². The topological polar surface area (TPSA) is 57.5 Å². The van der Waals surface area contributed by atoms with Crippen LogP contribution in [0.5, 0.6) is 0 Å². The number of aliphatic hydroxyl groups excluding tert-OH is 1. The van der Waals surface area contributed by atoms with E-state index in [0.717, 1.165) is 57.8 Å². The number of carboxylic acids is 1. The molecule has 0 aliphatic rings. The molecule has 0 radical (unpaired) electrons. The molecular formula is C26H48O3. The third-order valence-electron chi connectivity index (χ3n) is 5.42. The van der Waals surface area contributed by atoms with Crippen LogP contribution in [0.25, 0.3) is 0 Å². The fraction of sp³-hybridized carbons (Fsp3) is 0.808. The molecule has 0 saturated heterocycles. The summed E-state index contributed by atoms with van der Waals surface area (Å²) < 4.78 is 0. The van der Waals surface area contributed by atoms with Crippen LogP contribution in [0.1, 0.15) is 129 Å². The molecule has 0 amide bonds. The highest BCUT2D eigenvalue weighted by atomic mass is 16.4. The largest absolute Gasteiger partial charge is 0.481 e. The summed E-state index contributed by atoms with van der Waals surface area (Å²) in [6.07, 6.45) is 29.9. The Morgan fingerprint density at radius 2 is 1.28 bits per heavy atom. The molecule has 0 aromatic rings. The summed E-state index contributed by atoms with van der Waals surface area (Å²) >= 11 is 0. The Bertz CT molecular complexity index is 401. The first-order chi connectivity index (χ1) is 14.2. The van der Waals surface area contributed by atoms with Gasteiger partial charge in [-0.2, -0.15) is 0 Å². The van der Waals surface area contributed by atoms with Gasteiger partial charge >= 0.3 is 5.97 Å². The summed E-state index contributed by atoms with van der Waals surface area (Å²) in [7, 11) is 0. The average molecular weight is 409 g/mol. The summed E-state index contributed by atoms with van der Waals surface area (Å²) in [5, 5.41) is 18.6. The lowest BCUT2D eigenvalue weighted by molar-refractivity contribution is -0.137. The van der Waals surface area contributed by atoms with E-state index in [1.165, 1.54) is 57.8 Å². The van der Waals surface area contributed by atoms with Gasteiger partial charge in [0.1, 0.15) is 0 Å². The van der Waals surface area contributed by atoms with E-state index in [1.807, 2.05) is 0 Å². The van der Waals surface area contributed by atoms with E-state index >= 15 is 0 Å². The van der Waals surface area contributed by atoms with Crippen LogP contribution < -0.4 is 0 Å². The van der Waals surface area contributed by atoms with Crippen LogP contribution in [0.15, 0.2) is 24.3 Å². The van der Waals surface area contributed by atoms with Crippen molar-refractivity contribution >= 4 is 5.97 Å².